The molecule has 0 radical (unpaired) electrons. The molecule has 0 bridgehead atoms. The zero-order chi connectivity index (χ0) is 23.9. The Labute approximate surface area is 186 Å². The summed E-state index contributed by atoms with van der Waals surface area (Å²) in [6.07, 6.45) is -1.72. The zero-order valence-corrected chi connectivity index (χ0v) is 18.1. The van der Waals surface area contributed by atoms with Gasteiger partial charge in [-0.05, 0) is 49.6 Å². The van der Waals surface area contributed by atoms with E-state index in [1.807, 2.05) is 4.90 Å². The van der Waals surface area contributed by atoms with Crippen molar-refractivity contribution in [3.05, 3.63) is 62.4 Å². The van der Waals surface area contributed by atoms with Gasteiger partial charge in [-0.1, -0.05) is 0 Å². The molecule has 1 fully saturated rings. The topological polar surface area (TPSA) is 89.2 Å². The Morgan fingerprint density at radius 3 is 2.36 bits per heavy atom. The number of pyridine rings is 1. The summed E-state index contributed by atoms with van der Waals surface area (Å²) in [5.41, 5.74) is -1.64. The fraction of sp³-hybridized carbons (Fsp3) is 0.364. The number of fused-ring (bicyclic) bond motifs is 1. The number of nitrogens with zero attached hydrogens (tertiary/aromatic N) is 4. The number of hydrogen-bond acceptors (Lipinski definition) is 5. The lowest BCUT2D eigenvalue weighted by atomic mass is 10.1. The molecular weight excluding hydrogens is 439 g/mol. The summed E-state index contributed by atoms with van der Waals surface area (Å²) in [6.45, 7) is 1.35. The second-order valence-electron chi connectivity index (χ2n) is 8.00. The Balaban J connectivity index is 1.75. The van der Waals surface area contributed by atoms with Crippen LogP contribution >= 0.6 is 0 Å². The lowest BCUT2D eigenvalue weighted by Crippen LogP contribution is -2.37. The van der Waals surface area contributed by atoms with E-state index in [1.165, 1.54) is 32.3 Å². The van der Waals surface area contributed by atoms with Gasteiger partial charge in [0.2, 0.25) is 0 Å². The molecule has 3 heterocycles. The van der Waals surface area contributed by atoms with E-state index in [0.717, 1.165) is 40.5 Å². The molecule has 1 saturated heterocycles. The maximum absolute atomic E-state index is 13.3. The van der Waals surface area contributed by atoms with E-state index in [2.05, 4.69) is 10.3 Å². The van der Waals surface area contributed by atoms with Gasteiger partial charge < -0.3 is 10.2 Å². The molecule has 0 saturated carbocycles. The summed E-state index contributed by atoms with van der Waals surface area (Å²) in [4.78, 5) is 43.6. The second kappa shape index (κ2) is 8.38. The molecule has 2 aromatic heterocycles. The monoisotopic (exact) mass is 461 g/mol. The summed E-state index contributed by atoms with van der Waals surface area (Å²) in [7, 11) is 2.75. The standard InChI is InChI=1S/C22H22F3N5O3/c1-28-18-14(20(32)29(2)21(28)33)7-8-15(26-18)19(31)27-16-12-13(22(23,24)25)6-9-17(16)30-10-4-3-5-11-30/h6-9,12H,3-5,10-11H2,1-2H3,(H,27,31). The van der Waals surface area contributed by atoms with Gasteiger partial charge in [0.05, 0.1) is 22.3 Å². The van der Waals surface area contributed by atoms with Gasteiger partial charge in [-0.15, -0.1) is 0 Å². The van der Waals surface area contributed by atoms with E-state index >= 15 is 0 Å². The molecule has 0 spiro atoms. The summed E-state index contributed by atoms with van der Waals surface area (Å²) >= 11 is 0. The summed E-state index contributed by atoms with van der Waals surface area (Å²) in [5.74, 6) is -0.748. The normalized spacial score (nSPS) is 14.5. The smallest absolute Gasteiger partial charge is 0.370 e. The van der Waals surface area contributed by atoms with Gasteiger partial charge in [-0.25, -0.2) is 9.78 Å². The SMILES string of the molecule is Cn1c(=O)c2ccc(C(=O)Nc3cc(C(F)(F)F)ccc3N3CCCCC3)nc2n(C)c1=O. The third kappa shape index (κ3) is 4.22. The maximum Gasteiger partial charge on any atom is 0.416 e. The molecule has 1 aliphatic rings. The van der Waals surface area contributed by atoms with Gasteiger partial charge in [-0.3, -0.25) is 18.7 Å². The van der Waals surface area contributed by atoms with E-state index in [0.29, 0.717) is 18.8 Å². The van der Waals surface area contributed by atoms with E-state index in [4.69, 9.17) is 0 Å². The molecule has 8 nitrogen and oxygen atoms in total. The van der Waals surface area contributed by atoms with Crippen LogP contribution in [0.15, 0.2) is 39.9 Å². The molecule has 1 aromatic carbocycles. The lowest BCUT2D eigenvalue weighted by Gasteiger charge is -2.31. The van der Waals surface area contributed by atoms with Crippen LogP contribution in [0.25, 0.3) is 11.0 Å². The molecule has 0 aliphatic carbocycles. The molecule has 3 aromatic rings. The fourth-order valence-electron chi connectivity index (χ4n) is 3.99. The third-order valence-electron chi connectivity index (χ3n) is 5.80. The number of alkyl halides is 3. The van der Waals surface area contributed by atoms with Crippen molar-refractivity contribution in [1.29, 1.82) is 0 Å². The van der Waals surface area contributed by atoms with Crippen LogP contribution in [0, 0.1) is 0 Å². The minimum atomic E-state index is -4.57. The molecule has 0 atom stereocenters. The molecule has 11 heteroatoms. The zero-order valence-electron chi connectivity index (χ0n) is 18.1. The Kier molecular flexibility index (Phi) is 5.73. The average Bonchev–Trinajstić information content (AvgIpc) is 2.81. The number of carbonyl (C=O) groups is 1. The summed E-state index contributed by atoms with van der Waals surface area (Å²) in [6, 6.07) is 5.95. The lowest BCUT2D eigenvalue weighted by molar-refractivity contribution is -0.137. The van der Waals surface area contributed by atoms with Crippen LogP contribution in [0.5, 0.6) is 0 Å². The average molecular weight is 461 g/mol. The first kappa shape index (κ1) is 22.6. The van der Waals surface area contributed by atoms with Crippen molar-refractivity contribution < 1.29 is 18.0 Å². The second-order valence-corrected chi connectivity index (χ2v) is 8.00. The number of piperidine rings is 1. The van der Waals surface area contributed by atoms with Gasteiger partial charge in [0.1, 0.15) is 11.3 Å². The first-order valence-corrected chi connectivity index (χ1v) is 10.4. The highest BCUT2D eigenvalue weighted by Crippen LogP contribution is 2.36. The predicted octanol–water partition coefficient (Wildman–Crippen LogP) is 2.89. The number of amides is 1. The molecule has 4 rings (SSSR count). The number of halogens is 3. The van der Waals surface area contributed by atoms with Crippen molar-refractivity contribution in [1.82, 2.24) is 14.1 Å². The first-order chi connectivity index (χ1) is 15.6. The summed E-state index contributed by atoms with van der Waals surface area (Å²) in [5, 5.41) is 2.69. The number of aryl methyl sites for hydroxylation is 1. The van der Waals surface area contributed by atoms with Gasteiger partial charge >= 0.3 is 11.9 Å². The number of nitrogens with one attached hydrogen (secondary N) is 1. The minimum Gasteiger partial charge on any atom is -0.370 e. The Morgan fingerprint density at radius 2 is 1.70 bits per heavy atom. The molecule has 174 valence electrons. The molecule has 1 aliphatic heterocycles. The number of anilines is 2. The molecule has 1 amide bonds. The number of hydrogen-bond donors (Lipinski definition) is 1. The fourth-order valence-corrected chi connectivity index (χ4v) is 3.99. The van der Waals surface area contributed by atoms with Crippen LogP contribution in [0.1, 0.15) is 35.3 Å². The molecular formula is C22H22F3N5O3. The van der Waals surface area contributed by atoms with Gasteiger partial charge in [-0.2, -0.15) is 13.2 Å². The quantitative estimate of drug-likeness (QED) is 0.648. The summed E-state index contributed by atoms with van der Waals surface area (Å²) < 4.78 is 42.0. The van der Waals surface area contributed by atoms with Crippen molar-refractivity contribution in [2.75, 3.05) is 23.3 Å². The highest BCUT2D eigenvalue weighted by atomic mass is 19.4. The van der Waals surface area contributed by atoms with Gasteiger partial charge in [0, 0.05) is 27.2 Å². The highest BCUT2D eigenvalue weighted by molar-refractivity contribution is 6.05. The number of carbonyl (C=O) groups excluding carboxylic acids is 1. The number of benzene rings is 1. The minimum absolute atomic E-state index is 0.0102. The number of aromatic nitrogens is 3. The largest absolute Gasteiger partial charge is 0.416 e. The predicted molar refractivity (Wildman–Crippen MR) is 118 cm³/mol. The van der Waals surface area contributed by atoms with Gasteiger partial charge in [0.15, 0.2) is 0 Å². The van der Waals surface area contributed by atoms with E-state index < -0.39 is 28.9 Å². The Morgan fingerprint density at radius 1 is 1.00 bits per heavy atom. The number of rotatable bonds is 3. The van der Waals surface area contributed by atoms with Crippen molar-refractivity contribution in [3.8, 4) is 0 Å². The van der Waals surface area contributed by atoms with Crippen LogP contribution in [0.4, 0.5) is 24.5 Å². The molecule has 33 heavy (non-hydrogen) atoms. The van der Waals surface area contributed by atoms with Crippen molar-refractivity contribution >= 4 is 28.3 Å². The third-order valence-corrected chi connectivity index (χ3v) is 5.80. The van der Waals surface area contributed by atoms with Crippen molar-refractivity contribution in [3.63, 3.8) is 0 Å². The van der Waals surface area contributed by atoms with Crippen LogP contribution in [0.2, 0.25) is 0 Å². The van der Waals surface area contributed by atoms with Crippen LogP contribution in [0.3, 0.4) is 0 Å². The van der Waals surface area contributed by atoms with Crippen LogP contribution in [-0.4, -0.2) is 33.1 Å². The van der Waals surface area contributed by atoms with Crippen LogP contribution in [-0.2, 0) is 20.3 Å². The Bertz CT molecular complexity index is 1350. The maximum atomic E-state index is 13.3. The van der Waals surface area contributed by atoms with Crippen molar-refractivity contribution in [2.45, 2.75) is 25.4 Å². The highest BCUT2D eigenvalue weighted by Gasteiger charge is 2.32. The Hall–Kier alpha value is -3.63. The first-order valence-electron chi connectivity index (χ1n) is 10.4. The van der Waals surface area contributed by atoms with E-state index in [9.17, 15) is 27.6 Å². The van der Waals surface area contributed by atoms with E-state index in [1.54, 1.807) is 0 Å². The van der Waals surface area contributed by atoms with E-state index in [-0.39, 0.29) is 22.4 Å². The van der Waals surface area contributed by atoms with Gasteiger partial charge in [0.25, 0.3) is 11.5 Å². The van der Waals surface area contributed by atoms with Crippen LogP contribution < -0.4 is 21.5 Å². The van der Waals surface area contributed by atoms with Crippen molar-refractivity contribution in [2.24, 2.45) is 14.1 Å². The molecule has 1 N–H and O–H groups in total. The molecule has 0 unspecified atom stereocenters.